The zero-order chi connectivity index (χ0) is 12.1. The molecule has 0 atom stereocenters. The Labute approximate surface area is 104 Å². The van der Waals surface area contributed by atoms with Gasteiger partial charge in [-0.05, 0) is 24.1 Å². The number of hydrogen-bond donors (Lipinski definition) is 0. The van der Waals surface area contributed by atoms with Gasteiger partial charge in [-0.2, -0.15) is 0 Å². The fourth-order valence-electron chi connectivity index (χ4n) is 1.66. The minimum atomic E-state index is -0.0520. The van der Waals surface area contributed by atoms with E-state index < -0.39 is 0 Å². The van der Waals surface area contributed by atoms with Crippen LogP contribution >= 0.6 is 15.9 Å². The number of carbonyl (C=O) groups excluding carboxylic acids is 2. The second-order valence-corrected chi connectivity index (χ2v) is 4.36. The summed E-state index contributed by atoms with van der Waals surface area (Å²) in [6.07, 6.45) is 1.23. The van der Waals surface area contributed by atoms with Gasteiger partial charge in [-0.15, -0.1) is 0 Å². The number of benzene rings is 1. The van der Waals surface area contributed by atoms with Crippen molar-refractivity contribution in [3.05, 3.63) is 33.8 Å². The first-order chi connectivity index (χ1) is 7.66. The lowest BCUT2D eigenvalue weighted by Crippen LogP contribution is -2.04. The van der Waals surface area contributed by atoms with Crippen LogP contribution in [0.15, 0.2) is 22.7 Å². The van der Waals surface area contributed by atoms with E-state index in [-0.39, 0.29) is 18.0 Å². The van der Waals surface area contributed by atoms with Gasteiger partial charge in [-0.25, -0.2) is 0 Å². The van der Waals surface area contributed by atoms with Crippen LogP contribution in [0.4, 0.5) is 0 Å². The van der Waals surface area contributed by atoms with Gasteiger partial charge < -0.3 is 0 Å². The van der Waals surface area contributed by atoms with Crippen LogP contribution in [0.1, 0.15) is 42.6 Å². The minimum absolute atomic E-state index is 0.0438. The standard InChI is InChI=1S/C11H9BrO2.C2H6/c12-8-3-1-7-2-4-9(13)6-11(14)10(7)5-8;1-2/h1,3,5H,2,4,6H2;1-2H3. The molecule has 0 aromatic heterocycles. The Bertz CT molecular complexity index is 410. The van der Waals surface area contributed by atoms with Crippen LogP contribution in [0.5, 0.6) is 0 Å². The third-order valence-electron chi connectivity index (χ3n) is 2.40. The van der Waals surface area contributed by atoms with Gasteiger partial charge in [-0.1, -0.05) is 35.8 Å². The summed E-state index contributed by atoms with van der Waals surface area (Å²) >= 11 is 3.32. The molecule has 0 aliphatic heterocycles. The first-order valence-corrected chi connectivity index (χ1v) is 6.29. The largest absolute Gasteiger partial charge is 0.299 e. The lowest BCUT2D eigenvalue weighted by molar-refractivity contribution is -0.118. The Kier molecular flexibility index (Phi) is 4.87. The minimum Gasteiger partial charge on any atom is -0.299 e. The summed E-state index contributed by atoms with van der Waals surface area (Å²) in [7, 11) is 0. The molecule has 2 nitrogen and oxygen atoms in total. The zero-order valence-electron chi connectivity index (χ0n) is 9.55. The van der Waals surface area contributed by atoms with Crippen molar-refractivity contribution in [3.63, 3.8) is 0 Å². The highest BCUT2D eigenvalue weighted by atomic mass is 79.9. The molecule has 16 heavy (non-hydrogen) atoms. The van der Waals surface area contributed by atoms with E-state index in [1.165, 1.54) is 0 Å². The number of rotatable bonds is 0. The van der Waals surface area contributed by atoms with Gasteiger partial charge in [0.15, 0.2) is 5.78 Å². The molecule has 0 heterocycles. The summed E-state index contributed by atoms with van der Waals surface area (Å²) in [5.41, 5.74) is 1.69. The van der Waals surface area contributed by atoms with Gasteiger partial charge in [0.2, 0.25) is 0 Å². The van der Waals surface area contributed by atoms with Crippen molar-refractivity contribution in [3.8, 4) is 0 Å². The molecule has 0 radical (unpaired) electrons. The van der Waals surface area contributed by atoms with Crippen LogP contribution in [0.3, 0.4) is 0 Å². The third-order valence-corrected chi connectivity index (χ3v) is 2.90. The lowest BCUT2D eigenvalue weighted by atomic mass is 10.0. The first kappa shape index (κ1) is 13.1. The molecule has 0 fully saturated rings. The summed E-state index contributed by atoms with van der Waals surface area (Å²) in [6, 6.07) is 5.62. The summed E-state index contributed by atoms with van der Waals surface area (Å²) in [5, 5.41) is 0. The van der Waals surface area contributed by atoms with Crippen LogP contribution in [-0.4, -0.2) is 11.6 Å². The highest BCUT2D eigenvalue weighted by Gasteiger charge is 2.20. The molecular formula is C13H15BrO2. The van der Waals surface area contributed by atoms with Crippen LogP contribution in [-0.2, 0) is 11.2 Å². The van der Waals surface area contributed by atoms with Crippen molar-refractivity contribution < 1.29 is 9.59 Å². The molecule has 1 aromatic carbocycles. The van der Waals surface area contributed by atoms with E-state index in [1.807, 2.05) is 26.0 Å². The smallest absolute Gasteiger partial charge is 0.170 e. The molecule has 0 bridgehead atoms. The second kappa shape index (κ2) is 5.94. The maximum absolute atomic E-state index is 11.6. The number of halogens is 1. The van der Waals surface area contributed by atoms with Crippen molar-refractivity contribution in [1.29, 1.82) is 0 Å². The molecule has 0 saturated carbocycles. The summed E-state index contributed by atoms with van der Waals surface area (Å²) in [4.78, 5) is 22.8. The van der Waals surface area contributed by atoms with Crippen molar-refractivity contribution in [2.24, 2.45) is 0 Å². The SMILES string of the molecule is CC.O=C1CCc2ccc(Br)cc2C(=O)C1. The summed E-state index contributed by atoms with van der Waals surface area (Å²) in [6.45, 7) is 4.00. The molecule has 0 saturated heterocycles. The molecule has 1 aliphatic carbocycles. The zero-order valence-corrected chi connectivity index (χ0v) is 11.1. The Hall–Kier alpha value is -0.960. The second-order valence-electron chi connectivity index (χ2n) is 3.44. The molecule has 86 valence electrons. The van der Waals surface area contributed by atoms with E-state index in [0.29, 0.717) is 18.4 Å². The predicted molar refractivity (Wildman–Crippen MR) is 67.8 cm³/mol. The number of fused-ring (bicyclic) bond motifs is 1. The maximum atomic E-state index is 11.6. The van der Waals surface area contributed by atoms with Crippen LogP contribution in [0.25, 0.3) is 0 Å². The molecule has 0 amide bonds. The molecule has 1 aromatic rings. The van der Waals surface area contributed by atoms with Gasteiger partial charge >= 0.3 is 0 Å². The summed E-state index contributed by atoms with van der Waals surface area (Å²) in [5.74, 6) is -0.00822. The molecule has 0 spiro atoms. The third kappa shape index (κ3) is 3.01. The number of carbonyl (C=O) groups is 2. The number of Topliss-reactive ketones (excluding diaryl/α,β-unsaturated/α-hetero) is 2. The van der Waals surface area contributed by atoms with E-state index in [2.05, 4.69) is 15.9 Å². The molecular weight excluding hydrogens is 268 g/mol. The number of ketones is 2. The van der Waals surface area contributed by atoms with Crippen molar-refractivity contribution in [2.75, 3.05) is 0 Å². The highest BCUT2D eigenvalue weighted by molar-refractivity contribution is 9.10. The molecule has 1 aliphatic rings. The first-order valence-electron chi connectivity index (χ1n) is 5.50. The Morgan fingerprint density at radius 1 is 1.12 bits per heavy atom. The van der Waals surface area contributed by atoms with Crippen LogP contribution in [0.2, 0.25) is 0 Å². The summed E-state index contributed by atoms with van der Waals surface area (Å²) < 4.78 is 0.888. The average molecular weight is 283 g/mol. The van der Waals surface area contributed by atoms with Gasteiger partial charge in [0, 0.05) is 16.5 Å². The van der Waals surface area contributed by atoms with Gasteiger partial charge in [0.05, 0.1) is 6.42 Å². The fourth-order valence-corrected chi connectivity index (χ4v) is 2.02. The van der Waals surface area contributed by atoms with Gasteiger partial charge in [0.1, 0.15) is 5.78 Å². The fraction of sp³-hybridized carbons (Fsp3) is 0.385. The van der Waals surface area contributed by atoms with E-state index >= 15 is 0 Å². The Morgan fingerprint density at radius 2 is 1.81 bits per heavy atom. The van der Waals surface area contributed by atoms with E-state index in [4.69, 9.17) is 0 Å². The van der Waals surface area contributed by atoms with Crippen LogP contribution in [0, 0.1) is 0 Å². The van der Waals surface area contributed by atoms with E-state index in [0.717, 1.165) is 10.0 Å². The highest BCUT2D eigenvalue weighted by Crippen LogP contribution is 2.22. The molecule has 0 N–H and O–H groups in total. The maximum Gasteiger partial charge on any atom is 0.170 e. The molecule has 3 heteroatoms. The Balaban J connectivity index is 0.000000606. The number of hydrogen-bond acceptors (Lipinski definition) is 2. The Morgan fingerprint density at radius 3 is 2.50 bits per heavy atom. The topological polar surface area (TPSA) is 34.1 Å². The van der Waals surface area contributed by atoms with Crippen LogP contribution < -0.4 is 0 Å². The average Bonchev–Trinajstić information content (AvgIpc) is 2.42. The van der Waals surface area contributed by atoms with Crippen molar-refractivity contribution in [2.45, 2.75) is 33.1 Å². The van der Waals surface area contributed by atoms with E-state index in [1.54, 1.807) is 6.07 Å². The van der Waals surface area contributed by atoms with Gasteiger partial charge in [-0.3, -0.25) is 9.59 Å². The van der Waals surface area contributed by atoms with Crippen molar-refractivity contribution >= 4 is 27.5 Å². The number of aryl methyl sites for hydroxylation is 1. The quantitative estimate of drug-likeness (QED) is 0.539. The molecule has 0 unspecified atom stereocenters. The van der Waals surface area contributed by atoms with Gasteiger partial charge in [0.25, 0.3) is 0 Å². The molecule has 2 rings (SSSR count). The lowest BCUT2D eigenvalue weighted by Gasteiger charge is -2.03. The van der Waals surface area contributed by atoms with Crippen molar-refractivity contribution in [1.82, 2.24) is 0 Å². The van der Waals surface area contributed by atoms with E-state index in [9.17, 15) is 9.59 Å². The predicted octanol–water partition coefficient (Wildman–Crippen LogP) is 3.56. The normalized spacial score (nSPS) is 14.7. The monoisotopic (exact) mass is 282 g/mol.